The maximum atomic E-state index is 11.9. The number of aromatic nitrogens is 1. The second kappa shape index (κ2) is 3.53. The molecule has 3 rings (SSSR count). The van der Waals surface area contributed by atoms with Crippen molar-refractivity contribution >= 4 is 22.7 Å². The Morgan fingerprint density at radius 2 is 2.06 bits per heavy atom. The van der Waals surface area contributed by atoms with E-state index in [-0.39, 0.29) is 5.91 Å². The Balaban J connectivity index is 2.26. The van der Waals surface area contributed by atoms with E-state index in [4.69, 9.17) is 0 Å². The molecule has 1 aromatic carbocycles. The van der Waals surface area contributed by atoms with Crippen molar-refractivity contribution in [3.63, 3.8) is 0 Å². The second-order valence-corrected chi connectivity index (χ2v) is 4.44. The first kappa shape index (κ1) is 10.7. The molecule has 1 aliphatic rings. The number of hydrogen-bond donors (Lipinski definition) is 2. The number of rotatable bonds is 1. The third-order valence-corrected chi connectivity index (χ3v) is 3.26. The number of imide groups is 1. The Morgan fingerprint density at radius 3 is 2.78 bits per heavy atom. The van der Waals surface area contributed by atoms with Crippen LogP contribution in [-0.2, 0) is 10.3 Å². The molecule has 90 valence electrons. The van der Waals surface area contributed by atoms with Gasteiger partial charge in [0.15, 0.2) is 0 Å². The van der Waals surface area contributed by atoms with Gasteiger partial charge in [-0.1, -0.05) is 18.2 Å². The van der Waals surface area contributed by atoms with Crippen molar-refractivity contribution in [1.82, 2.24) is 15.6 Å². The molecule has 5 heteroatoms. The number of nitrogens with zero attached hydrogens (tertiary/aromatic N) is 1. The number of nitrogens with one attached hydrogen (secondary N) is 2. The summed E-state index contributed by atoms with van der Waals surface area (Å²) in [5.74, 6) is -0.336. The zero-order valence-corrected chi connectivity index (χ0v) is 9.73. The van der Waals surface area contributed by atoms with Crippen LogP contribution in [-0.4, -0.2) is 16.9 Å². The van der Waals surface area contributed by atoms with Crippen molar-refractivity contribution in [3.8, 4) is 0 Å². The Labute approximate surface area is 103 Å². The lowest BCUT2D eigenvalue weighted by Gasteiger charge is -2.22. The molecule has 0 aliphatic carbocycles. The van der Waals surface area contributed by atoms with Crippen molar-refractivity contribution in [2.75, 3.05) is 0 Å². The first-order chi connectivity index (χ1) is 8.61. The number of benzene rings is 1. The first-order valence-corrected chi connectivity index (χ1v) is 5.58. The van der Waals surface area contributed by atoms with Gasteiger partial charge in [0.2, 0.25) is 0 Å². The smallest absolute Gasteiger partial charge is 0.320 e. The predicted octanol–water partition coefficient (Wildman–Crippen LogP) is 1.29. The Kier molecular flexibility index (Phi) is 2.10. The average molecular weight is 241 g/mol. The third kappa shape index (κ3) is 1.37. The standard InChI is InChI=1S/C13H11N3O2/c1-13(11(17)15-12(18)16-13)10-4-2-3-8-7-14-6-5-9(8)10/h2-7H,1H3,(H2,15,16,17,18)/t13-/m0/s1. The van der Waals surface area contributed by atoms with Crippen LogP contribution < -0.4 is 10.6 Å². The summed E-state index contributed by atoms with van der Waals surface area (Å²) in [6.07, 6.45) is 3.40. The summed E-state index contributed by atoms with van der Waals surface area (Å²) in [6.45, 7) is 1.70. The number of pyridine rings is 1. The third-order valence-electron chi connectivity index (χ3n) is 3.26. The van der Waals surface area contributed by atoms with E-state index >= 15 is 0 Å². The van der Waals surface area contributed by atoms with Gasteiger partial charge >= 0.3 is 6.03 Å². The van der Waals surface area contributed by atoms with E-state index in [1.807, 2.05) is 24.3 Å². The van der Waals surface area contributed by atoms with E-state index < -0.39 is 11.6 Å². The van der Waals surface area contributed by atoms with Crippen LogP contribution in [0.3, 0.4) is 0 Å². The molecule has 3 amide bonds. The molecule has 18 heavy (non-hydrogen) atoms. The summed E-state index contributed by atoms with van der Waals surface area (Å²) < 4.78 is 0. The van der Waals surface area contributed by atoms with Gasteiger partial charge in [-0.25, -0.2) is 4.79 Å². The van der Waals surface area contributed by atoms with Gasteiger partial charge in [0.25, 0.3) is 5.91 Å². The van der Waals surface area contributed by atoms with Crippen LogP contribution in [0.15, 0.2) is 36.7 Å². The zero-order valence-electron chi connectivity index (χ0n) is 9.73. The highest BCUT2D eigenvalue weighted by atomic mass is 16.2. The maximum Gasteiger partial charge on any atom is 0.322 e. The zero-order chi connectivity index (χ0) is 12.8. The van der Waals surface area contributed by atoms with Crippen molar-refractivity contribution in [3.05, 3.63) is 42.2 Å². The summed E-state index contributed by atoms with van der Waals surface area (Å²) in [4.78, 5) is 27.3. The van der Waals surface area contributed by atoms with Gasteiger partial charge in [0.1, 0.15) is 5.54 Å². The minimum atomic E-state index is -1.03. The highest BCUT2D eigenvalue weighted by molar-refractivity contribution is 6.09. The molecule has 1 aromatic heterocycles. The summed E-state index contributed by atoms with van der Waals surface area (Å²) in [6, 6.07) is 6.99. The SMILES string of the molecule is C[C@@]1(c2cccc3cnccc23)NC(=O)NC1=O. The van der Waals surface area contributed by atoms with Crippen LogP contribution in [0, 0.1) is 0 Å². The molecule has 1 aliphatic heterocycles. The van der Waals surface area contributed by atoms with Crippen LogP contribution in [0.4, 0.5) is 4.79 Å². The first-order valence-electron chi connectivity index (χ1n) is 5.58. The quantitative estimate of drug-likeness (QED) is 0.739. The predicted molar refractivity (Wildman–Crippen MR) is 65.8 cm³/mol. The number of carbonyl (C=O) groups is 2. The second-order valence-electron chi connectivity index (χ2n) is 4.44. The van der Waals surface area contributed by atoms with E-state index in [1.165, 1.54) is 0 Å². The van der Waals surface area contributed by atoms with Crippen LogP contribution in [0.25, 0.3) is 10.8 Å². The highest BCUT2D eigenvalue weighted by Gasteiger charge is 2.44. The fourth-order valence-corrected chi connectivity index (χ4v) is 2.29. The van der Waals surface area contributed by atoms with E-state index in [0.29, 0.717) is 0 Å². The van der Waals surface area contributed by atoms with E-state index in [9.17, 15) is 9.59 Å². The summed E-state index contributed by atoms with van der Waals surface area (Å²) >= 11 is 0. The van der Waals surface area contributed by atoms with Gasteiger partial charge < -0.3 is 5.32 Å². The van der Waals surface area contributed by atoms with Crippen molar-refractivity contribution in [2.24, 2.45) is 0 Å². The molecule has 1 saturated heterocycles. The molecule has 2 aromatic rings. The summed E-state index contributed by atoms with van der Waals surface area (Å²) in [5.41, 5.74) is -0.261. The molecule has 0 unspecified atom stereocenters. The molecular formula is C13H11N3O2. The molecule has 1 fully saturated rings. The van der Waals surface area contributed by atoms with E-state index in [1.54, 1.807) is 19.3 Å². The summed E-state index contributed by atoms with van der Waals surface area (Å²) in [5, 5.41) is 6.78. The topological polar surface area (TPSA) is 71.1 Å². The molecule has 1 atom stereocenters. The van der Waals surface area contributed by atoms with Crippen molar-refractivity contribution < 1.29 is 9.59 Å². The molecule has 2 N–H and O–H groups in total. The Hall–Kier alpha value is -2.43. The molecule has 0 spiro atoms. The fraction of sp³-hybridized carbons (Fsp3) is 0.154. The Bertz CT molecular complexity index is 663. The van der Waals surface area contributed by atoms with Crippen LogP contribution in [0.1, 0.15) is 12.5 Å². The van der Waals surface area contributed by atoms with Gasteiger partial charge in [0.05, 0.1) is 0 Å². The van der Waals surface area contributed by atoms with Gasteiger partial charge in [-0.05, 0) is 23.9 Å². The van der Waals surface area contributed by atoms with Crippen LogP contribution in [0.2, 0.25) is 0 Å². The minimum Gasteiger partial charge on any atom is -0.320 e. The Morgan fingerprint density at radius 1 is 1.22 bits per heavy atom. The monoisotopic (exact) mass is 241 g/mol. The lowest BCUT2D eigenvalue weighted by Crippen LogP contribution is -2.40. The number of amides is 3. The van der Waals surface area contributed by atoms with Crippen molar-refractivity contribution in [2.45, 2.75) is 12.5 Å². The average Bonchev–Trinajstić information content (AvgIpc) is 2.63. The van der Waals surface area contributed by atoms with Gasteiger partial charge in [-0.3, -0.25) is 15.1 Å². The highest BCUT2D eigenvalue weighted by Crippen LogP contribution is 2.30. The molecule has 5 nitrogen and oxygen atoms in total. The van der Waals surface area contributed by atoms with Crippen LogP contribution >= 0.6 is 0 Å². The lowest BCUT2D eigenvalue weighted by molar-refractivity contribution is -0.123. The number of urea groups is 1. The lowest BCUT2D eigenvalue weighted by atomic mass is 9.88. The van der Waals surface area contributed by atoms with Gasteiger partial charge in [0, 0.05) is 17.8 Å². The molecule has 0 radical (unpaired) electrons. The van der Waals surface area contributed by atoms with Crippen molar-refractivity contribution in [1.29, 1.82) is 0 Å². The summed E-state index contributed by atoms with van der Waals surface area (Å²) in [7, 11) is 0. The number of carbonyl (C=O) groups excluding carboxylic acids is 2. The molecular weight excluding hydrogens is 230 g/mol. The fourth-order valence-electron chi connectivity index (χ4n) is 2.29. The number of fused-ring (bicyclic) bond motifs is 1. The van der Waals surface area contributed by atoms with Gasteiger partial charge in [-0.2, -0.15) is 0 Å². The number of hydrogen-bond acceptors (Lipinski definition) is 3. The largest absolute Gasteiger partial charge is 0.322 e. The molecule has 0 bridgehead atoms. The maximum absolute atomic E-state index is 11.9. The van der Waals surface area contributed by atoms with Gasteiger partial charge in [-0.15, -0.1) is 0 Å². The minimum absolute atomic E-state index is 0.336. The molecule has 2 heterocycles. The molecule has 0 saturated carbocycles. The van der Waals surface area contributed by atoms with Crippen LogP contribution in [0.5, 0.6) is 0 Å². The van der Waals surface area contributed by atoms with E-state index in [0.717, 1.165) is 16.3 Å². The normalized spacial score (nSPS) is 22.9. The van der Waals surface area contributed by atoms with E-state index in [2.05, 4.69) is 15.6 Å².